The lowest BCUT2D eigenvalue weighted by molar-refractivity contribution is -0.384. The second-order valence-corrected chi connectivity index (χ2v) is 6.50. The molecular weight excluding hydrogens is 342 g/mol. The number of ether oxygens (including phenoxy) is 1. The van der Waals surface area contributed by atoms with Gasteiger partial charge in [0.15, 0.2) is 0 Å². The summed E-state index contributed by atoms with van der Waals surface area (Å²) in [6, 6.07) is 11.1. The molecule has 0 radical (unpaired) electrons. The van der Waals surface area contributed by atoms with Crippen molar-refractivity contribution in [2.45, 2.75) is 19.8 Å². The molecule has 1 saturated heterocycles. The molecule has 6 nitrogen and oxygen atoms in total. The minimum Gasteiger partial charge on any atom is -0.497 e. The van der Waals surface area contributed by atoms with Crippen molar-refractivity contribution in [2.24, 2.45) is 0 Å². The summed E-state index contributed by atoms with van der Waals surface area (Å²) in [5, 5.41) is 11.3. The Labute approximate surface area is 158 Å². The topological polar surface area (TPSA) is 68.5 Å². The lowest BCUT2D eigenvalue weighted by Gasteiger charge is -2.29. The highest BCUT2D eigenvalue weighted by Gasteiger charge is 2.23. The molecule has 0 aliphatic carbocycles. The minimum absolute atomic E-state index is 0.0750. The van der Waals surface area contributed by atoms with Crippen molar-refractivity contribution in [1.29, 1.82) is 0 Å². The number of aryl methyl sites for hydroxylation is 1. The molecule has 2 aromatic rings. The molecule has 1 aliphatic heterocycles. The van der Waals surface area contributed by atoms with E-state index in [1.807, 2.05) is 42.2 Å². The fourth-order valence-electron chi connectivity index (χ4n) is 3.12. The van der Waals surface area contributed by atoms with E-state index in [9.17, 15) is 10.1 Å². The number of hydrogen-bond acceptors (Lipinski definition) is 5. The third-order valence-corrected chi connectivity index (χ3v) is 4.61. The first-order valence-corrected chi connectivity index (χ1v) is 8.94. The van der Waals surface area contributed by atoms with Gasteiger partial charge in [-0.15, -0.1) is 0 Å². The maximum Gasteiger partial charge on any atom is 0.311 e. The predicted molar refractivity (Wildman–Crippen MR) is 107 cm³/mol. The van der Waals surface area contributed by atoms with Crippen molar-refractivity contribution in [3.63, 3.8) is 0 Å². The summed E-state index contributed by atoms with van der Waals surface area (Å²) in [6.07, 6.45) is 7.97. The van der Waals surface area contributed by atoms with Crippen molar-refractivity contribution in [3.8, 4) is 5.75 Å². The highest BCUT2D eigenvalue weighted by Crippen LogP contribution is 2.29. The molecule has 27 heavy (non-hydrogen) atoms. The second kappa shape index (κ2) is 8.49. The van der Waals surface area contributed by atoms with E-state index >= 15 is 0 Å². The first kappa shape index (κ1) is 18.6. The van der Waals surface area contributed by atoms with E-state index in [1.165, 1.54) is 5.57 Å². The molecule has 0 N–H and O–H groups in total. The van der Waals surface area contributed by atoms with Crippen molar-refractivity contribution in [1.82, 2.24) is 4.98 Å². The number of nitrogens with zero attached hydrogens (tertiary/aromatic N) is 3. The largest absolute Gasteiger partial charge is 0.497 e. The summed E-state index contributed by atoms with van der Waals surface area (Å²) in [7, 11) is 1.66. The molecule has 2 heterocycles. The van der Waals surface area contributed by atoms with Gasteiger partial charge in [-0.25, -0.2) is 4.98 Å². The van der Waals surface area contributed by atoms with Crippen LogP contribution in [-0.2, 0) is 0 Å². The molecule has 0 atom stereocenters. The van der Waals surface area contributed by atoms with Gasteiger partial charge in [0.05, 0.1) is 12.0 Å². The molecule has 140 valence electrons. The van der Waals surface area contributed by atoms with Crippen LogP contribution in [0.4, 0.5) is 11.5 Å². The smallest absolute Gasteiger partial charge is 0.311 e. The first-order chi connectivity index (χ1) is 13.1. The van der Waals surface area contributed by atoms with E-state index < -0.39 is 0 Å². The van der Waals surface area contributed by atoms with Crippen LogP contribution < -0.4 is 9.64 Å². The van der Waals surface area contributed by atoms with E-state index in [0.29, 0.717) is 5.82 Å². The van der Waals surface area contributed by atoms with Gasteiger partial charge in [-0.05, 0) is 43.5 Å². The number of benzene rings is 1. The van der Waals surface area contributed by atoms with Crippen molar-refractivity contribution < 1.29 is 9.66 Å². The Bertz CT molecular complexity index is 880. The third-order valence-electron chi connectivity index (χ3n) is 4.61. The Hall–Kier alpha value is -3.15. The molecule has 0 spiro atoms. The number of allylic oxidation sites excluding steroid dienone is 2. The number of piperidine rings is 1. The Balaban J connectivity index is 1.65. The van der Waals surface area contributed by atoms with Gasteiger partial charge in [-0.2, -0.15) is 0 Å². The third kappa shape index (κ3) is 4.73. The number of rotatable bonds is 5. The van der Waals surface area contributed by atoms with Crippen LogP contribution in [0.15, 0.2) is 54.1 Å². The summed E-state index contributed by atoms with van der Waals surface area (Å²) in [5.41, 5.74) is 3.29. The number of methoxy groups -OCH3 is 1. The van der Waals surface area contributed by atoms with Gasteiger partial charge in [0, 0.05) is 24.8 Å². The molecule has 3 rings (SSSR count). The summed E-state index contributed by atoms with van der Waals surface area (Å²) in [4.78, 5) is 17.3. The highest BCUT2D eigenvalue weighted by atomic mass is 16.6. The number of anilines is 1. The van der Waals surface area contributed by atoms with E-state index in [0.717, 1.165) is 42.9 Å². The Kier molecular flexibility index (Phi) is 5.86. The van der Waals surface area contributed by atoms with E-state index in [4.69, 9.17) is 4.74 Å². The van der Waals surface area contributed by atoms with Gasteiger partial charge < -0.3 is 9.64 Å². The van der Waals surface area contributed by atoms with Crippen molar-refractivity contribution in [2.75, 3.05) is 25.1 Å². The standard InChI is InChI=1S/C21H23N3O3/c1-16-9-10-20(24(25)26)21(22-16)23-13-11-17(12-14-23)5-3-6-18-7-4-8-19(15-18)27-2/h3-10,15H,11-14H2,1-2H3. The summed E-state index contributed by atoms with van der Waals surface area (Å²) >= 11 is 0. The van der Waals surface area contributed by atoms with Crippen LogP contribution in [0.3, 0.4) is 0 Å². The average Bonchev–Trinajstić information content (AvgIpc) is 2.68. The quantitative estimate of drug-likeness (QED) is 0.574. The lowest BCUT2D eigenvalue weighted by Crippen LogP contribution is -2.32. The highest BCUT2D eigenvalue weighted by molar-refractivity contribution is 5.59. The van der Waals surface area contributed by atoms with Crippen LogP contribution in [0.1, 0.15) is 24.1 Å². The first-order valence-electron chi connectivity index (χ1n) is 8.94. The Morgan fingerprint density at radius 3 is 2.70 bits per heavy atom. The van der Waals surface area contributed by atoms with Crippen LogP contribution in [0.2, 0.25) is 0 Å². The number of hydrogen-bond donors (Lipinski definition) is 0. The molecule has 0 saturated carbocycles. The van der Waals surface area contributed by atoms with Gasteiger partial charge in [0.2, 0.25) is 5.82 Å². The molecule has 0 bridgehead atoms. The van der Waals surface area contributed by atoms with Gasteiger partial charge in [-0.3, -0.25) is 10.1 Å². The van der Waals surface area contributed by atoms with Crippen LogP contribution in [-0.4, -0.2) is 30.1 Å². The maximum absolute atomic E-state index is 11.3. The number of nitro groups is 1. The SMILES string of the molecule is COc1cccc(C=CC=C2CCN(c3nc(C)ccc3[N+](=O)[O-])CC2)c1. The number of aromatic nitrogens is 1. The van der Waals surface area contributed by atoms with E-state index in [2.05, 4.69) is 17.1 Å². The minimum atomic E-state index is -0.357. The maximum atomic E-state index is 11.3. The predicted octanol–water partition coefficient (Wildman–Crippen LogP) is 4.55. The molecule has 0 amide bonds. The molecular formula is C21H23N3O3. The van der Waals surface area contributed by atoms with Gasteiger partial charge in [0.1, 0.15) is 5.75 Å². The van der Waals surface area contributed by atoms with Gasteiger partial charge >= 0.3 is 5.69 Å². The second-order valence-electron chi connectivity index (χ2n) is 6.50. The molecule has 6 heteroatoms. The van der Waals surface area contributed by atoms with Gasteiger partial charge in [0.25, 0.3) is 0 Å². The zero-order valence-electron chi connectivity index (χ0n) is 15.6. The summed E-state index contributed by atoms with van der Waals surface area (Å²) < 4.78 is 5.23. The Morgan fingerprint density at radius 1 is 1.22 bits per heavy atom. The summed E-state index contributed by atoms with van der Waals surface area (Å²) in [5.74, 6) is 1.32. The van der Waals surface area contributed by atoms with Crippen molar-refractivity contribution in [3.05, 3.63) is 75.5 Å². The van der Waals surface area contributed by atoms with E-state index in [1.54, 1.807) is 19.2 Å². The van der Waals surface area contributed by atoms with Crippen LogP contribution >= 0.6 is 0 Å². The average molecular weight is 365 g/mol. The molecule has 1 aromatic carbocycles. The fourth-order valence-corrected chi connectivity index (χ4v) is 3.12. The molecule has 1 aromatic heterocycles. The zero-order chi connectivity index (χ0) is 19.2. The molecule has 1 aliphatic rings. The van der Waals surface area contributed by atoms with Gasteiger partial charge in [-0.1, -0.05) is 35.9 Å². The van der Waals surface area contributed by atoms with Crippen LogP contribution in [0, 0.1) is 17.0 Å². The van der Waals surface area contributed by atoms with Crippen LogP contribution in [0.5, 0.6) is 5.75 Å². The normalized spacial score (nSPS) is 14.4. The Morgan fingerprint density at radius 2 is 2.00 bits per heavy atom. The zero-order valence-corrected chi connectivity index (χ0v) is 15.6. The monoisotopic (exact) mass is 365 g/mol. The van der Waals surface area contributed by atoms with Crippen LogP contribution in [0.25, 0.3) is 6.08 Å². The lowest BCUT2D eigenvalue weighted by atomic mass is 10.0. The summed E-state index contributed by atoms with van der Waals surface area (Å²) in [6.45, 7) is 3.32. The molecule has 1 fully saturated rings. The van der Waals surface area contributed by atoms with Crippen molar-refractivity contribution >= 4 is 17.6 Å². The molecule has 0 unspecified atom stereocenters. The number of pyridine rings is 1. The fraction of sp³-hybridized carbons (Fsp3) is 0.286. The van der Waals surface area contributed by atoms with E-state index in [-0.39, 0.29) is 10.6 Å².